The zero-order valence-electron chi connectivity index (χ0n) is 14.3. The number of rotatable bonds is 6. The predicted molar refractivity (Wildman–Crippen MR) is 92.9 cm³/mol. The van der Waals surface area contributed by atoms with Crippen molar-refractivity contribution in [3.63, 3.8) is 0 Å². The predicted octanol–water partition coefficient (Wildman–Crippen LogP) is 1.70. The van der Waals surface area contributed by atoms with E-state index in [1.807, 2.05) is 6.92 Å². The van der Waals surface area contributed by atoms with Gasteiger partial charge in [-0.25, -0.2) is 17.9 Å². The number of hydrogen-bond donors (Lipinski definition) is 3. The van der Waals surface area contributed by atoms with Gasteiger partial charge in [0.25, 0.3) is 0 Å². The van der Waals surface area contributed by atoms with E-state index in [0.29, 0.717) is 31.6 Å². The molecule has 1 saturated heterocycles. The van der Waals surface area contributed by atoms with Gasteiger partial charge in [0, 0.05) is 25.3 Å². The Morgan fingerprint density at radius 2 is 1.92 bits per heavy atom. The first-order chi connectivity index (χ1) is 11.7. The number of likely N-dealkylation sites (tertiary alicyclic amines) is 1. The molecule has 9 heteroatoms. The topological polar surface area (TPSA) is 116 Å². The highest BCUT2D eigenvalue weighted by molar-refractivity contribution is 7.89. The van der Waals surface area contributed by atoms with Crippen LogP contribution in [0.25, 0.3) is 0 Å². The number of aliphatic carboxylic acids is 1. The van der Waals surface area contributed by atoms with Gasteiger partial charge in [-0.3, -0.25) is 4.79 Å². The highest BCUT2D eigenvalue weighted by Gasteiger charge is 2.42. The minimum absolute atomic E-state index is 0.124. The molecule has 0 bridgehead atoms. The van der Waals surface area contributed by atoms with E-state index >= 15 is 0 Å². The van der Waals surface area contributed by atoms with Crippen molar-refractivity contribution in [2.75, 3.05) is 25.0 Å². The summed E-state index contributed by atoms with van der Waals surface area (Å²) in [5.74, 6) is -0.920. The summed E-state index contributed by atoms with van der Waals surface area (Å²) in [7, 11) is -3.55. The zero-order valence-corrected chi connectivity index (χ0v) is 15.1. The molecule has 1 atom stereocenters. The van der Waals surface area contributed by atoms with Crippen molar-refractivity contribution in [2.45, 2.75) is 31.6 Å². The number of carbonyl (C=O) groups is 2. The Balaban J connectivity index is 2.00. The Morgan fingerprint density at radius 3 is 2.44 bits per heavy atom. The highest BCUT2D eigenvalue weighted by Crippen LogP contribution is 2.30. The second-order valence-electron chi connectivity index (χ2n) is 6.39. The molecule has 1 aliphatic rings. The summed E-state index contributed by atoms with van der Waals surface area (Å²) in [5.41, 5.74) is -0.483. The Kier molecular flexibility index (Phi) is 5.69. The van der Waals surface area contributed by atoms with Crippen LogP contribution in [0.5, 0.6) is 0 Å². The summed E-state index contributed by atoms with van der Waals surface area (Å²) >= 11 is 0. The third-order valence-corrected chi connectivity index (χ3v) is 5.71. The van der Waals surface area contributed by atoms with Crippen molar-refractivity contribution in [3.8, 4) is 0 Å². The fourth-order valence-corrected chi connectivity index (χ4v) is 3.68. The molecule has 0 radical (unpaired) electrons. The number of nitrogens with one attached hydrogen (secondary N) is 2. The van der Waals surface area contributed by atoms with E-state index < -0.39 is 27.4 Å². The third kappa shape index (κ3) is 4.49. The summed E-state index contributed by atoms with van der Waals surface area (Å²) in [6, 6.07) is 5.44. The molecule has 1 aliphatic heterocycles. The second-order valence-corrected chi connectivity index (χ2v) is 8.16. The number of benzene rings is 1. The van der Waals surface area contributed by atoms with E-state index in [1.54, 1.807) is 6.92 Å². The van der Waals surface area contributed by atoms with E-state index in [0.717, 1.165) is 0 Å². The van der Waals surface area contributed by atoms with Gasteiger partial charge in [0.1, 0.15) is 0 Å². The van der Waals surface area contributed by atoms with Gasteiger partial charge in [0.05, 0.1) is 10.3 Å². The van der Waals surface area contributed by atoms with Crippen LogP contribution in [-0.2, 0) is 14.8 Å². The number of amides is 2. The van der Waals surface area contributed by atoms with E-state index in [1.165, 1.54) is 29.2 Å². The number of carbonyl (C=O) groups excluding carboxylic acids is 1. The lowest BCUT2D eigenvalue weighted by atomic mass is 9.90. The van der Waals surface area contributed by atoms with Crippen molar-refractivity contribution >= 4 is 27.7 Å². The van der Waals surface area contributed by atoms with E-state index in [-0.39, 0.29) is 11.4 Å². The molecule has 1 fully saturated rings. The van der Waals surface area contributed by atoms with Gasteiger partial charge < -0.3 is 15.3 Å². The molecule has 0 aliphatic carbocycles. The lowest BCUT2D eigenvalue weighted by Crippen LogP contribution is -2.37. The first kappa shape index (κ1) is 19.2. The zero-order chi connectivity index (χ0) is 18.7. The molecular formula is C16H23N3O5S. The molecule has 1 unspecified atom stereocenters. The van der Waals surface area contributed by atoms with Gasteiger partial charge in [-0.2, -0.15) is 0 Å². The summed E-state index contributed by atoms with van der Waals surface area (Å²) in [5, 5.41) is 11.9. The van der Waals surface area contributed by atoms with Crippen LogP contribution in [0, 0.1) is 5.41 Å². The SMILES string of the molecule is CCCNS(=O)(=O)c1ccc(NC(=O)N2CCC(C)(C(=O)O)C2)cc1. The van der Waals surface area contributed by atoms with E-state index in [4.69, 9.17) is 0 Å². The Labute approximate surface area is 147 Å². The third-order valence-electron chi connectivity index (χ3n) is 4.23. The van der Waals surface area contributed by atoms with Crippen molar-refractivity contribution in [3.05, 3.63) is 24.3 Å². The molecule has 2 rings (SSSR count). The molecule has 138 valence electrons. The smallest absolute Gasteiger partial charge is 0.321 e. The average molecular weight is 369 g/mol. The van der Waals surface area contributed by atoms with Crippen LogP contribution in [-0.4, -0.2) is 50.1 Å². The van der Waals surface area contributed by atoms with Gasteiger partial charge >= 0.3 is 12.0 Å². The van der Waals surface area contributed by atoms with Crippen molar-refractivity contribution in [2.24, 2.45) is 5.41 Å². The minimum Gasteiger partial charge on any atom is -0.481 e. The standard InChI is InChI=1S/C16H23N3O5S/c1-3-9-17-25(23,24)13-6-4-12(5-7-13)18-15(22)19-10-8-16(2,11-19)14(20)21/h4-7,17H,3,8-11H2,1-2H3,(H,18,22)(H,20,21). The molecule has 8 nitrogen and oxygen atoms in total. The Bertz CT molecular complexity index is 748. The number of urea groups is 1. The van der Waals surface area contributed by atoms with Crippen molar-refractivity contribution in [1.82, 2.24) is 9.62 Å². The van der Waals surface area contributed by atoms with Gasteiger partial charge in [-0.05, 0) is 44.0 Å². The van der Waals surface area contributed by atoms with Crippen LogP contribution in [0.1, 0.15) is 26.7 Å². The number of anilines is 1. The number of carboxylic acid groups (broad SMARTS) is 1. The first-order valence-corrected chi connectivity index (χ1v) is 9.55. The number of hydrogen-bond acceptors (Lipinski definition) is 4. The van der Waals surface area contributed by atoms with Crippen molar-refractivity contribution < 1.29 is 23.1 Å². The summed E-state index contributed by atoms with van der Waals surface area (Å²) in [4.78, 5) is 25.0. The maximum atomic E-state index is 12.2. The molecule has 1 heterocycles. The molecule has 1 aromatic rings. The summed E-state index contributed by atoms with van der Waals surface area (Å²) in [6.07, 6.45) is 1.09. The van der Waals surface area contributed by atoms with Gasteiger partial charge in [-0.1, -0.05) is 6.92 Å². The van der Waals surface area contributed by atoms with Crippen LogP contribution >= 0.6 is 0 Å². The first-order valence-electron chi connectivity index (χ1n) is 8.07. The lowest BCUT2D eigenvalue weighted by Gasteiger charge is -2.20. The van der Waals surface area contributed by atoms with E-state index in [9.17, 15) is 23.1 Å². The Morgan fingerprint density at radius 1 is 1.28 bits per heavy atom. The fourth-order valence-electron chi connectivity index (χ4n) is 2.55. The molecule has 0 saturated carbocycles. The number of nitrogens with zero attached hydrogens (tertiary/aromatic N) is 1. The number of sulfonamides is 1. The van der Waals surface area contributed by atoms with Crippen LogP contribution in [0.2, 0.25) is 0 Å². The van der Waals surface area contributed by atoms with Crippen LogP contribution in [0.4, 0.5) is 10.5 Å². The Hall–Kier alpha value is -2.13. The van der Waals surface area contributed by atoms with E-state index in [2.05, 4.69) is 10.0 Å². The van der Waals surface area contributed by atoms with Gasteiger partial charge in [-0.15, -0.1) is 0 Å². The van der Waals surface area contributed by atoms with Crippen LogP contribution in [0.15, 0.2) is 29.2 Å². The van der Waals surface area contributed by atoms with Crippen molar-refractivity contribution in [1.29, 1.82) is 0 Å². The molecule has 2 amide bonds. The fraction of sp³-hybridized carbons (Fsp3) is 0.500. The average Bonchev–Trinajstić information content (AvgIpc) is 2.97. The van der Waals surface area contributed by atoms with Gasteiger partial charge in [0.15, 0.2) is 0 Å². The van der Waals surface area contributed by atoms with Crippen LogP contribution in [0.3, 0.4) is 0 Å². The molecule has 25 heavy (non-hydrogen) atoms. The summed E-state index contributed by atoms with van der Waals surface area (Å²) in [6.45, 7) is 4.35. The van der Waals surface area contributed by atoms with Crippen LogP contribution < -0.4 is 10.0 Å². The molecule has 3 N–H and O–H groups in total. The minimum atomic E-state index is -3.55. The molecule has 1 aromatic carbocycles. The number of carboxylic acids is 1. The maximum absolute atomic E-state index is 12.2. The summed E-state index contributed by atoms with van der Waals surface area (Å²) < 4.78 is 26.5. The molecular weight excluding hydrogens is 346 g/mol. The van der Waals surface area contributed by atoms with Gasteiger partial charge in [0.2, 0.25) is 10.0 Å². The molecule has 0 spiro atoms. The lowest BCUT2D eigenvalue weighted by molar-refractivity contribution is -0.146. The second kappa shape index (κ2) is 7.40. The molecule has 0 aromatic heterocycles. The largest absolute Gasteiger partial charge is 0.481 e. The quantitative estimate of drug-likeness (QED) is 0.706. The monoisotopic (exact) mass is 369 g/mol. The normalized spacial score (nSPS) is 20.5. The highest BCUT2D eigenvalue weighted by atomic mass is 32.2. The maximum Gasteiger partial charge on any atom is 0.321 e.